The number of amides is 2. The number of urea groups is 1. The van der Waals surface area contributed by atoms with E-state index in [1.54, 1.807) is 11.0 Å². The van der Waals surface area contributed by atoms with Gasteiger partial charge in [0.25, 0.3) is 5.56 Å². The van der Waals surface area contributed by atoms with E-state index in [4.69, 9.17) is 0 Å². The zero-order chi connectivity index (χ0) is 19.5. The summed E-state index contributed by atoms with van der Waals surface area (Å²) in [4.78, 5) is 26.5. The number of halogens is 1. The van der Waals surface area contributed by atoms with Crippen LogP contribution >= 0.6 is 0 Å². The van der Waals surface area contributed by atoms with Crippen LogP contribution in [-0.4, -0.2) is 27.3 Å². The molecular weight excluding hydrogens is 359 g/mol. The van der Waals surface area contributed by atoms with Crippen LogP contribution in [0.3, 0.4) is 0 Å². The lowest BCUT2D eigenvalue weighted by atomic mass is 10.1. The van der Waals surface area contributed by atoms with E-state index < -0.39 is 0 Å². The monoisotopic (exact) mass is 378 g/mol. The quantitative estimate of drug-likeness (QED) is 0.762. The smallest absolute Gasteiger partial charge is 0.320 e. The van der Waals surface area contributed by atoms with Gasteiger partial charge in [0.2, 0.25) is 0 Å². The summed E-state index contributed by atoms with van der Waals surface area (Å²) < 4.78 is 14.5. The van der Waals surface area contributed by atoms with E-state index in [1.807, 2.05) is 30.3 Å². The molecule has 2 amide bonds. The molecule has 0 saturated carbocycles. The first-order chi connectivity index (χ1) is 13.6. The molecule has 4 rings (SSSR count). The third kappa shape index (κ3) is 3.93. The third-order valence-corrected chi connectivity index (χ3v) is 4.70. The van der Waals surface area contributed by atoms with E-state index in [-0.39, 0.29) is 17.4 Å². The highest BCUT2D eigenvalue weighted by Crippen LogP contribution is 2.17. The lowest BCUT2D eigenvalue weighted by Crippen LogP contribution is -2.40. The van der Waals surface area contributed by atoms with Gasteiger partial charge in [-0.3, -0.25) is 4.79 Å². The largest absolute Gasteiger partial charge is 0.322 e. The van der Waals surface area contributed by atoms with Crippen molar-refractivity contribution in [3.8, 4) is 0 Å². The minimum absolute atomic E-state index is 0.191. The van der Waals surface area contributed by atoms with Gasteiger partial charge in [0.15, 0.2) is 0 Å². The van der Waals surface area contributed by atoms with Crippen molar-refractivity contribution in [1.29, 1.82) is 0 Å². The van der Waals surface area contributed by atoms with Gasteiger partial charge in [0.1, 0.15) is 5.82 Å². The minimum Gasteiger partial charge on any atom is -0.320 e. The summed E-state index contributed by atoms with van der Waals surface area (Å²) in [7, 11) is 0. The van der Waals surface area contributed by atoms with Crippen molar-refractivity contribution in [3.63, 3.8) is 0 Å². The Hall–Kier alpha value is -3.48. The molecule has 1 aliphatic heterocycles. The first kappa shape index (κ1) is 17.9. The molecule has 1 aliphatic rings. The highest BCUT2D eigenvalue weighted by Gasteiger charge is 2.23. The standard InChI is InChI=1S/C21H19FN4O2/c22-17-6-8-18(9-7-17)23-21(28)25-11-10-19-16(14-25)12-20(27)26(24-19)13-15-4-2-1-3-5-15/h1-9,12H,10-11,13-14H2,(H,23,28). The predicted molar refractivity (Wildman–Crippen MR) is 104 cm³/mol. The Labute approximate surface area is 161 Å². The second-order valence-corrected chi connectivity index (χ2v) is 6.71. The molecule has 2 aromatic carbocycles. The zero-order valence-electron chi connectivity index (χ0n) is 15.1. The van der Waals surface area contributed by atoms with Crippen LogP contribution in [0.25, 0.3) is 0 Å². The van der Waals surface area contributed by atoms with E-state index in [2.05, 4.69) is 10.4 Å². The summed E-state index contributed by atoms with van der Waals surface area (Å²) in [6.45, 7) is 1.23. The number of benzene rings is 2. The lowest BCUT2D eigenvalue weighted by Gasteiger charge is -2.28. The number of anilines is 1. The van der Waals surface area contributed by atoms with Gasteiger partial charge >= 0.3 is 6.03 Å². The van der Waals surface area contributed by atoms with Gasteiger partial charge in [-0.15, -0.1) is 0 Å². The Balaban J connectivity index is 1.48. The fourth-order valence-corrected chi connectivity index (χ4v) is 3.22. The molecule has 0 fully saturated rings. The molecular formula is C21H19FN4O2. The summed E-state index contributed by atoms with van der Waals surface area (Å²) in [5.41, 5.74) is 2.93. The normalized spacial score (nSPS) is 13.1. The second kappa shape index (κ2) is 7.64. The van der Waals surface area contributed by atoms with Crippen LogP contribution in [0.15, 0.2) is 65.5 Å². The molecule has 142 valence electrons. The molecule has 7 heteroatoms. The Kier molecular flexibility index (Phi) is 4.89. The summed E-state index contributed by atoms with van der Waals surface area (Å²) in [6.07, 6.45) is 0.571. The molecule has 0 unspecified atom stereocenters. The highest BCUT2D eigenvalue weighted by molar-refractivity contribution is 5.89. The molecule has 0 atom stereocenters. The number of rotatable bonds is 3. The van der Waals surface area contributed by atoms with Crippen LogP contribution < -0.4 is 10.9 Å². The molecule has 0 spiro atoms. The number of nitrogens with one attached hydrogen (secondary N) is 1. The third-order valence-electron chi connectivity index (χ3n) is 4.70. The number of carbonyl (C=O) groups is 1. The second-order valence-electron chi connectivity index (χ2n) is 6.71. The summed E-state index contributed by atoms with van der Waals surface area (Å²) in [5, 5.41) is 7.24. The lowest BCUT2D eigenvalue weighted by molar-refractivity contribution is 0.205. The average molecular weight is 378 g/mol. The molecule has 0 saturated heterocycles. The minimum atomic E-state index is -0.359. The van der Waals surface area contributed by atoms with E-state index in [9.17, 15) is 14.0 Å². The first-order valence-corrected chi connectivity index (χ1v) is 9.04. The van der Waals surface area contributed by atoms with Crippen LogP contribution in [0.4, 0.5) is 14.9 Å². The zero-order valence-corrected chi connectivity index (χ0v) is 15.1. The Morgan fingerprint density at radius 3 is 2.61 bits per heavy atom. The van der Waals surface area contributed by atoms with E-state index in [0.717, 1.165) is 16.8 Å². The SMILES string of the molecule is O=C(Nc1ccc(F)cc1)N1CCc2nn(Cc3ccccc3)c(=O)cc2C1. The molecule has 1 N–H and O–H groups in total. The van der Waals surface area contributed by atoms with Gasteiger partial charge in [0.05, 0.1) is 12.2 Å². The van der Waals surface area contributed by atoms with Crippen molar-refractivity contribution in [3.05, 3.63) is 93.7 Å². The van der Waals surface area contributed by atoms with Crippen LogP contribution in [0.1, 0.15) is 16.8 Å². The van der Waals surface area contributed by atoms with E-state index >= 15 is 0 Å². The topological polar surface area (TPSA) is 67.2 Å². The van der Waals surface area contributed by atoms with Crippen LogP contribution in [0, 0.1) is 5.82 Å². The average Bonchev–Trinajstić information content (AvgIpc) is 2.71. The maximum Gasteiger partial charge on any atom is 0.322 e. The molecule has 1 aromatic heterocycles. The number of hydrogen-bond donors (Lipinski definition) is 1. The van der Waals surface area contributed by atoms with Crippen molar-refractivity contribution >= 4 is 11.7 Å². The van der Waals surface area contributed by atoms with Gasteiger partial charge in [-0.25, -0.2) is 13.9 Å². The fraction of sp³-hybridized carbons (Fsp3) is 0.190. The van der Waals surface area contributed by atoms with E-state index in [0.29, 0.717) is 31.7 Å². The van der Waals surface area contributed by atoms with Crippen LogP contribution in [0.2, 0.25) is 0 Å². The van der Waals surface area contributed by atoms with Crippen LogP contribution in [-0.2, 0) is 19.5 Å². The molecule has 0 aliphatic carbocycles. The van der Waals surface area contributed by atoms with Crippen molar-refractivity contribution in [2.24, 2.45) is 0 Å². The number of nitrogens with zero attached hydrogens (tertiary/aromatic N) is 3. The first-order valence-electron chi connectivity index (χ1n) is 9.04. The fourth-order valence-electron chi connectivity index (χ4n) is 3.22. The molecule has 0 bridgehead atoms. The Bertz CT molecular complexity index is 1050. The van der Waals surface area contributed by atoms with Gasteiger partial charge in [0, 0.05) is 36.8 Å². The molecule has 6 nitrogen and oxygen atoms in total. The number of carbonyl (C=O) groups excluding carboxylic acids is 1. The number of aromatic nitrogens is 2. The van der Waals surface area contributed by atoms with Gasteiger partial charge in [-0.2, -0.15) is 5.10 Å². The maximum atomic E-state index is 13.0. The Morgan fingerprint density at radius 1 is 1.11 bits per heavy atom. The molecule has 0 radical (unpaired) electrons. The molecule has 3 aromatic rings. The number of hydrogen-bond acceptors (Lipinski definition) is 3. The van der Waals surface area contributed by atoms with Gasteiger partial charge in [-0.05, 0) is 29.8 Å². The summed E-state index contributed by atoms with van der Waals surface area (Å²) in [6, 6.07) is 16.6. The van der Waals surface area contributed by atoms with Gasteiger partial charge < -0.3 is 10.2 Å². The number of fused-ring (bicyclic) bond motifs is 1. The van der Waals surface area contributed by atoms with Crippen LogP contribution in [0.5, 0.6) is 0 Å². The maximum absolute atomic E-state index is 13.0. The van der Waals surface area contributed by atoms with Crippen molar-refractivity contribution in [2.45, 2.75) is 19.5 Å². The summed E-state index contributed by atoms with van der Waals surface area (Å²) in [5.74, 6) is -0.359. The Morgan fingerprint density at radius 2 is 1.86 bits per heavy atom. The van der Waals surface area contributed by atoms with Crippen molar-refractivity contribution < 1.29 is 9.18 Å². The van der Waals surface area contributed by atoms with E-state index in [1.165, 1.54) is 28.9 Å². The summed E-state index contributed by atoms with van der Waals surface area (Å²) >= 11 is 0. The molecule has 2 heterocycles. The highest BCUT2D eigenvalue weighted by atomic mass is 19.1. The predicted octanol–water partition coefficient (Wildman–Crippen LogP) is 3.02. The van der Waals surface area contributed by atoms with Crippen molar-refractivity contribution in [2.75, 3.05) is 11.9 Å². The molecule has 28 heavy (non-hydrogen) atoms. The van der Waals surface area contributed by atoms with Crippen molar-refractivity contribution in [1.82, 2.24) is 14.7 Å². The van der Waals surface area contributed by atoms with Gasteiger partial charge in [-0.1, -0.05) is 30.3 Å².